The lowest BCUT2D eigenvalue weighted by Gasteiger charge is -2.22. The van der Waals surface area contributed by atoms with Crippen molar-refractivity contribution in [1.82, 2.24) is 9.97 Å². The Morgan fingerprint density at radius 1 is 1.38 bits per heavy atom. The fourth-order valence-corrected chi connectivity index (χ4v) is 1.77. The van der Waals surface area contributed by atoms with Crippen LogP contribution in [0.2, 0.25) is 0 Å². The second-order valence-electron chi connectivity index (χ2n) is 4.42. The number of rotatable bonds is 5. The van der Waals surface area contributed by atoms with Crippen LogP contribution < -0.4 is 5.32 Å². The van der Waals surface area contributed by atoms with Crippen LogP contribution in [0.1, 0.15) is 31.7 Å². The molecular weight excluding hydrogens is 222 g/mol. The third-order valence-electron chi connectivity index (χ3n) is 2.62. The first kappa shape index (κ1) is 13.2. The molecule has 0 saturated heterocycles. The van der Waals surface area contributed by atoms with E-state index in [0.717, 1.165) is 23.6 Å². The zero-order valence-electron chi connectivity index (χ0n) is 10.4. The Morgan fingerprint density at radius 2 is 2.06 bits per heavy atom. The molecule has 3 nitrogen and oxygen atoms in total. The molecule has 0 saturated carbocycles. The summed E-state index contributed by atoms with van der Waals surface area (Å²) in [4.78, 5) is 8.75. The van der Waals surface area contributed by atoms with E-state index in [1.165, 1.54) is 0 Å². The second kappa shape index (κ2) is 6.04. The van der Waals surface area contributed by atoms with Gasteiger partial charge >= 0.3 is 0 Å². The van der Waals surface area contributed by atoms with Gasteiger partial charge in [-0.25, -0.2) is 4.98 Å². The first-order valence-corrected chi connectivity index (χ1v) is 6.20. The van der Waals surface area contributed by atoms with Crippen LogP contribution in [-0.4, -0.2) is 21.9 Å². The van der Waals surface area contributed by atoms with Crippen LogP contribution in [0.4, 0.5) is 5.82 Å². The molecule has 0 amide bonds. The summed E-state index contributed by atoms with van der Waals surface area (Å²) in [7, 11) is 0. The zero-order chi connectivity index (χ0) is 12.1. The molecule has 0 aliphatic rings. The summed E-state index contributed by atoms with van der Waals surface area (Å²) < 4.78 is 0. The van der Waals surface area contributed by atoms with Gasteiger partial charge in [0.1, 0.15) is 5.82 Å². The van der Waals surface area contributed by atoms with Crippen LogP contribution in [-0.2, 0) is 0 Å². The van der Waals surface area contributed by atoms with Gasteiger partial charge in [0, 0.05) is 18.1 Å². The Hall–Kier alpha value is -0.830. The van der Waals surface area contributed by atoms with E-state index in [4.69, 9.17) is 11.6 Å². The molecule has 0 radical (unpaired) electrons. The molecule has 0 aliphatic heterocycles. The van der Waals surface area contributed by atoms with E-state index in [1.54, 1.807) is 6.20 Å². The van der Waals surface area contributed by atoms with Crippen molar-refractivity contribution in [2.75, 3.05) is 11.2 Å². The lowest BCUT2D eigenvalue weighted by Crippen LogP contribution is -2.27. The van der Waals surface area contributed by atoms with Gasteiger partial charge in [-0.2, -0.15) is 0 Å². The highest BCUT2D eigenvalue weighted by Crippen LogP contribution is 2.16. The molecule has 1 N–H and O–H groups in total. The van der Waals surface area contributed by atoms with Crippen LogP contribution >= 0.6 is 11.6 Å². The molecular formula is C12H20ClN3. The molecule has 1 aromatic rings. The van der Waals surface area contributed by atoms with Crippen molar-refractivity contribution in [3.8, 4) is 0 Å². The SMILES string of the molecule is Cc1cnc(C)c(NC(CCCl)C(C)C)n1. The minimum Gasteiger partial charge on any atom is -0.366 e. The average molecular weight is 242 g/mol. The summed E-state index contributed by atoms with van der Waals surface area (Å²) in [5, 5.41) is 3.43. The summed E-state index contributed by atoms with van der Waals surface area (Å²) >= 11 is 5.80. The van der Waals surface area contributed by atoms with Crippen molar-refractivity contribution in [2.24, 2.45) is 5.92 Å². The quantitative estimate of drug-likeness (QED) is 0.805. The number of alkyl halides is 1. The summed E-state index contributed by atoms with van der Waals surface area (Å²) in [5.41, 5.74) is 1.87. The number of nitrogens with one attached hydrogen (secondary N) is 1. The maximum atomic E-state index is 5.80. The number of aromatic nitrogens is 2. The summed E-state index contributed by atoms with van der Waals surface area (Å²) in [6.07, 6.45) is 2.72. The van der Waals surface area contributed by atoms with E-state index < -0.39 is 0 Å². The molecule has 1 rings (SSSR count). The van der Waals surface area contributed by atoms with Crippen LogP contribution in [0, 0.1) is 19.8 Å². The molecule has 16 heavy (non-hydrogen) atoms. The standard InChI is InChI=1S/C12H20ClN3/c1-8(2)11(5-6-13)16-12-10(4)14-7-9(3)15-12/h7-8,11H,5-6H2,1-4H3,(H,15,16). The first-order chi connectivity index (χ1) is 7.54. The predicted molar refractivity (Wildman–Crippen MR) is 69.1 cm³/mol. The van der Waals surface area contributed by atoms with Crippen LogP contribution in [0.5, 0.6) is 0 Å². The van der Waals surface area contributed by atoms with E-state index >= 15 is 0 Å². The lowest BCUT2D eigenvalue weighted by molar-refractivity contribution is 0.511. The third-order valence-corrected chi connectivity index (χ3v) is 2.84. The third kappa shape index (κ3) is 3.63. The van der Waals surface area contributed by atoms with Gasteiger partial charge < -0.3 is 5.32 Å². The van der Waals surface area contributed by atoms with Gasteiger partial charge in [-0.1, -0.05) is 13.8 Å². The molecule has 0 fully saturated rings. The number of hydrogen-bond acceptors (Lipinski definition) is 3. The number of anilines is 1. The van der Waals surface area contributed by atoms with Crippen molar-refractivity contribution in [1.29, 1.82) is 0 Å². The van der Waals surface area contributed by atoms with Crippen molar-refractivity contribution in [3.63, 3.8) is 0 Å². The smallest absolute Gasteiger partial charge is 0.147 e. The predicted octanol–water partition coefficient (Wildman–Crippen LogP) is 3.16. The molecule has 0 bridgehead atoms. The van der Waals surface area contributed by atoms with Gasteiger partial charge in [0.05, 0.1) is 11.4 Å². The van der Waals surface area contributed by atoms with Crippen molar-refractivity contribution < 1.29 is 0 Å². The summed E-state index contributed by atoms with van der Waals surface area (Å²) in [6, 6.07) is 0.354. The Kier molecular flexibility index (Phi) is 5.00. The largest absolute Gasteiger partial charge is 0.366 e. The average Bonchev–Trinajstić information content (AvgIpc) is 2.22. The van der Waals surface area contributed by atoms with Gasteiger partial charge in [-0.15, -0.1) is 11.6 Å². The number of hydrogen-bond donors (Lipinski definition) is 1. The van der Waals surface area contributed by atoms with Gasteiger partial charge in [-0.3, -0.25) is 4.98 Å². The lowest BCUT2D eigenvalue weighted by atomic mass is 10.0. The van der Waals surface area contributed by atoms with Gasteiger partial charge in [0.15, 0.2) is 0 Å². The number of nitrogens with zero attached hydrogens (tertiary/aromatic N) is 2. The minimum absolute atomic E-state index is 0.354. The molecule has 1 heterocycles. The topological polar surface area (TPSA) is 37.8 Å². The van der Waals surface area contributed by atoms with E-state index in [0.29, 0.717) is 17.8 Å². The van der Waals surface area contributed by atoms with E-state index in [2.05, 4.69) is 29.1 Å². The molecule has 90 valence electrons. The fourth-order valence-electron chi connectivity index (χ4n) is 1.54. The van der Waals surface area contributed by atoms with Gasteiger partial charge in [-0.05, 0) is 26.2 Å². The summed E-state index contributed by atoms with van der Waals surface area (Å²) in [5.74, 6) is 2.07. The van der Waals surface area contributed by atoms with E-state index in [9.17, 15) is 0 Å². The Bertz CT molecular complexity index is 339. The molecule has 1 aromatic heterocycles. The Morgan fingerprint density at radius 3 is 2.62 bits per heavy atom. The molecule has 4 heteroatoms. The Labute approximate surface area is 103 Å². The van der Waals surface area contributed by atoms with E-state index in [-0.39, 0.29) is 0 Å². The van der Waals surface area contributed by atoms with Crippen LogP contribution in [0.15, 0.2) is 6.20 Å². The highest BCUT2D eigenvalue weighted by atomic mass is 35.5. The zero-order valence-corrected chi connectivity index (χ0v) is 11.2. The summed E-state index contributed by atoms with van der Waals surface area (Å²) in [6.45, 7) is 8.28. The second-order valence-corrected chi connectivity index (χ2v) is 4.80. The van der Waals surface area contributed by atoms with Gasteiger partial charge in [0.2, 0.25) is 0 Å². The maximum absolute atomic E-state index is 5.80. The Balaban J connectivity index is 2.80. The normalized spacial score (nSPS) is 12.9. The fraction of sp³-hybridized carbons (Fsp3) is 0.667. The van der Waals surface area contributed by atoms with Crippen LogP contribution in [0.3, 0.4) is 0 Å². The highest BCUT2D eigenvalue weighted by molar-refractivity contribution is 6.17. The van der Waals surface area contributed by atoms with Gasteiger partial charge in [0.25, 0.3) is 0 Å². The molecule has 1 unspecified atom stereocenters. The van der Waals surface area contributed by atoms with Crippen LogP contribution in [0.25, 0.3) is 0 Å². The maximum Gasteiger partial charge on any atom is 0.147 e. The van der Waals surface area contributed by atoms with Crippen molar-refractivity contribution in [3.05, 3.63) is 17.6 Å². The number of aryl methyl sites for hydroxylation is 2. The molecule has 0 spiro atoms. The molecule has 0 aromatic carbocycles. The first-order valence-electron chi connectivity index (χ1n) is 5.67. The van der Waals surface area contributed by atoms with Crippen molar-refractivity contribution >= 4 is 17.4 Å². The monoisotopic (exact) mass is 241 g/mol. The van der Waals surface area contributed by atoms with Crippen molar-refractivity contribution in [2.45, 2.75) is 40.2 Å². The number of halogens is 1. The highest BCUT2D eigenvalue weighted by Gasteiger charge is 2.14. The van der Waals surface area contributed by atoms with E-state index in [1.807, 2.05) is 13.8 Å². The minimum atomic E-state index is 0.354. The molecule has 0 aliphatic carbocycles. The molecule has 1 atom stereocenters.